The monoisotopic (exact) mass is 284 g/mol. The molecule has 4 N–H and O–H groups in total. The van der Waals surface area contributed by atoms with Crippen LogP contribution >= 0.6 is 0 Å². The Labute approximate surface area is 111 Å². The fourth-order valence-corrected chi connectivity index (χ4v) is 3.49. The Kier molecular flexibility index (Phi) is 3.72. The van der Waals surface area contributed by atoms with Crippen LogP contribution in [0.15, 0.2) is 23.2 Å². The van der Waals surface area contributed by atoms with Gasteiger partial charge in [0.2, 0.25) is 15.9 Å². The van der Waals surface area contributed by atoms with Gasteiger partial charge in [-0.3, -0.25) is 4.79 Å². The van der Waals surface area contributed by atoms with Crippen LogP contribution in [0, 0.1) is 5.92 Å². The summed E-state index contributed by atoms with van der Waals surface area (Å²) >= 11 is 0. The first kappa shape index (κ1) is 13.8. The second-order valence-corrected chi connectivity index (χ2v) is 6.44. The fraction of sp³-hybridized carbons (Fsp3) is 0.455. The van der Waals surface area contributed by atoms with Crippen LogP contribution in [0.25, 0.3) is 0 Å². The van der Waals surface area contributed by atoms with Crippen molar-refractivity contribution in [2.75, 3.05) is 18.8 Å². The molecule has 1 aliphatic rings. The number of nitrogen functional groups attached to an aromatic ring is 1. The first-order valence-corrected chi connectivity index (χ1v) is 7.36. The molecule has 2 rings (SSSR count). The first-order valence-electron chi connectivity index (χ1n) is 5.92. The molecule has 1 amide bonds. The minimum atomic E-state index is -3.56. The molecule has 1 fully saturated rings. The molecule has 0 radical (unpaired) electrons. The van der Waals surface area contributed by atoms with Crippen LogP contribution in [0.4, 0.5) is 5.82 Å². The maximum Gasteiger partial charge on any atom is 0.244 e. The summed E-state index contributed by atoms with van der Waals surface area (Å²) in [6, 6.07) is 2.88. The second-order valence-electron chi connectivity index (χ2n) is 4.50. The molecule has 7 nitrogen and oxygen atoms in total. The maximum atomic E-state index is 12.3. The van der Waals surface area contributed by atoms with E-state index in [2.05, 4.69) is 4.98 Å². The number of aromatic nitrogens is 1. The first-order chi connectivity index (χ1) is 8.91. The van der Waals surface area contributed by atoms with E-state index in [4.69, 9.17) is 11.5 Å². The lowest BCUT2D eigenvalue weighted by molar-refractivity contribution is -0.122. The van der Waals surface area contributed by atoms with Crippen molar-refractivity contribution in [3.63, 3.8) is 0 Å². The van der Waals surface area contributed by atoms with Crippen molar-refractivity contribution in [3.8, 4) is 0 Å². The van der Waals surface area contributed by atoms with E-state index in [9.17, 15) is 13.2 Å². The van der Waals surface area contributed by atoms with Crippen LogP contribution < -0.4 is 11.5 Å². The van der Waals surface area contributed by atoms with Gasteiger partial charge in [0.05, 0.1) is 0 Å². The zero-order valence-corrected chi connectivity index (χ0v) is 11.1. The number of sulfonamides is 1. The largest absolute Gasteiger partial charge is 0.384 e. The number of anilines is 1. The average molecular weight is 284 g/mol. The van der Waals surface area contributed by atoms with Crippen molar-refractivity contribution in [1.29, 1.82) is 0 Å². The molecular weight excluding hydrogens is 268 g/mol. The summed E-state index contributed by atoms with van der Waals surface area (Å²) in [5, 5.41) is 0. The van der Waals surface area contributed by atoms with Crippen molar-refractivity contribution in [2.45, 2.75) is 17.7 Å². The molecule has 1 aromatic rings. The number of nitrogens with zero attached hydrogens (tertiary/aromatic N) is 2. The van der Waals surface area contributed by atoms with Gasteiger partial charge in [0.1, 0.15) is 10.7 Å². The average Bonchev–Trinajstić information content (AvgIpc) is 2.39. The molecule has 0 aliphatic carbocycles. The third kappa shape index (κ3) is 2.85. The normalized spacial score (nSPS) is 18.3. The van der Waals surface area contributed by atoms with Gasteiger partial charge in [-0.25, -0.2) is 13.4 Å². The molecule has 0 atom stereocenters. The molecule has 0 spiro atoms. The van der Waals surface area contributed by atoms with Crippen LogP contribution in [-0.4, -0.2) is 36.7 Å². The number of carbonyl (C=O) groups is 1. The van der Waals surface area contributed by atoms with Gasteiger partial charge in [0.15, 0.2) is 0 Å². The topological polar surface area (TPSA) is 119 Å². The highest BCUT2D eigenvalue weighted by Crippen LogP contribution is 2.23. The maximum absolute atomic E-state index is 12.3. The fourth-order valence-electron chi connectivity index (χ4n) is 2.07. The van der Waals surface area contributed by atoms with Gasteiger partial charge in [-0.2, -0.15) is 4.31 Å². The Morgan fingerprint density at radius 3 is 2.42 bits per heavy atom. The minimum absolute atomic E-state index is 0.110. The predicted octanol–water partition coefficient (Wildman–Crippen LogP) is -0.450. The molecule has 1 saturated heterocycles. The Hall–Kier alpha value is -1.67. The number of pyridine rings is 1. The van der Waals surface area contributed by atoms with Gasteiger partial charge in [-0.15, -0.1) is 0 Å². The molecule has 1 aromatic heterocycles. The highest BCUT2D eigenvalue weighted by molar-refractivity contribution is 7.89. The van der Waals surface area contributed by atoms with E-state index in [-0.39, 0.29) is 22.5 Å². The van der Waals surface area contributed by atoms with Crippen molar-refractivity contribution >= 4 is 21.7 Å². The SMILES string of the molecule is NC(=O)C1CCN(S(=O)(=O)c2ccc(N)nc2)CC1. The van der Waals surface area contributed by atoms with Crippen LogP contribution in [0.1, 0.15) is 12.8 Å². The van der Waals surface area contributed by atoms with E-state index in [1.165, 1.54) is 22.6 Å². The van der Waals surface area contributed by atoms with Gasteiger partial charge in [-0.05, 0) is 25.0 Å². The smallest absolute Gasteiger partial charge is 0.244 e. The summed E-state index contributed by atoms with van der Waals surface area (Å²) in [6.07, 6.45) is 2.15. The van der Waals surface area contributed by atoms with E-state index in [0.29, 0.717) is 25.9 Å². The number of nitrogens with two attached hydrogens (primary N) is 2. The number of rotatable bonds is 3. The van der Waals surface area contributed by atoms with Crippen LogP contribution in [0.2, 0.25) is 0 Å². The molecule has 0 unspecified atom stereocenters. The van der Waals surface area contributed by atoms with Gasteiger partial charge < -0.3 is 11.5 Å². The number of primary amides is 1. The molecule has 104 valence electrons. The van der Waals surface area contributed by atoms with E-state index < -0.39 is 10.0 Å². The predicted molar refractivity (Wildman–Crippen MR) is 69.3 cm³/mol. The third-order valence-electron chi connectivity index (χ3n) is 3.25. The lowest BCUT2D eigenvalue weighted by atomic mass is 9.98. The van der Waals surface area contributed by atoms with Crippen molar-refractivity contribution in [2.24, 2.45) is 11.7 Å². The van der Waals surface area contributed by atoms with Crippen molar-refractivity contribution < 1.29 is 13.2 Å². The van der Waals surface area contributed by atoms with E-state index in [1.807, 2.05) is 0 Å². The van der Waals surface area contributed by atoms with Crippen LogP contribution in [-0.2, 0) is 14.8 Å². The number of carbonyl (C=O) groups excluding carboxylic acids is 1. The molecule has 0 saturated carbocycles. The zero-order chi connectivity index (χ0) is 14.0. The van der Waals surface area contributed by atoms with Crippen molar-refractivity contribution in [3.05, 3.63) is 18.3 Å². The summed E-state index contributed by atoms with van der Waals surface area (Å²) in [6.45, 7) is 0.584. The Morgan fingerprint density at radius 1 is 1.32 bits per heavy atom. The number of hydrogen-bond donors (Lipinski definition) is 2. The molecule has 19 heavy (non-hydrogen) atoms. The second kappa shape index (κ2) is 5.14. The summed E-state index contributed by atoms with van der Waals surface area (Å²) in [7, 11) is -3.56. The summed E-state index contributed by atoms with van der Waals surface area (Å²) in [5.41, 5.74) is 10.6. The Morgan fingerprint density at radius 2 is 1.95 bits per heavy atom. The molecule has 1 aliphatic heterocycles. The standard InChI is InChI=1S/C11H16N4O3S/c12-10-2-1-9(7-14-10)19(17,18)15-5-3-8(4-6-15)11(13)16/h1-2,7-8H,3-6H2,(H2,12,14)(H2,13,16). The van der Waals surface area contributed by atoms with E-state index in [1.54, 1.807) is 0 Å². The molecule has 2 heterocycles. The summed E-state index contributed by atoms with van der Waals surface area (Å²) in [5.74, 6) is -0.339. The van der Waals surface area contributed by atoms with Gasteiger partial charge in [0.25, 0.3) is 0 Å². The van der Waals surface area contributed by atoms with Gasteiger partial charge in [0, 0.05) is 25.2 Å². The quantitative estimate of drug-likeness (QED) is 0.779. The van der Waals surface area contributed by atoms with E-state index in [0.717, 1.165) is 0 Å². The lowest BCUT2D eigenvalue weighted by Gasteiger charge is -2.29. The highest BCUT2D eigenvalue weighted by Gasteiger charge is 2.31. The molecule has 8 heteroatoms. The third-order valence-corrected chi connectivity index (χ3v) is 5.14. The summed E-state index contributed by atoms with van der Waals surface area (Å²) < 4.78 is 26.0. The number of hydrogen-bond acceptors (Lipinski definition) is 5. The molecule has 0 aromatic carbocycles. The number of amides is 1. The Bertz CT molecular complexity index is 562. The van der Waals surface area contributed by atoms with Crippen molar-refractivity contribution in [1.82, 2.24) is 9.29 Å². The van der Waals surface area contributed by atoms with Gasteiger partial charge in [-0.1, -0.05) is 0 Å². The summed E-state index contributed by atoms with van der Waals surface area (Å²) in [4.78, 5) is 14.9. The zero-order valence-electron chi connectivity index (χ0n) is 10.3. The van der Waals surface area contributed by atoms with Crippen LogP contribution in [0.3, 0.4) is 0 Å². The van der Waals surface area contributed by atoms with Gasteiger partial charge >= 0.3 is 0 Å². The molecule has 0 bridgehead atoms. The Balaban J connectivity index is 2.14. The minimum Gasteiger partial charge on any atom is -0.384 e. The van der Waals surface area contributed by atoms with Crippen LogP contribution in [0.5, 0.6) is 0 Å². The number of piperidine rings is 1. The lowest BCUT2D eigenvalue weighted by Crippen LogP contribution is -2.41. The molecular formula is C11H16N4O3S. The highest BCUT2D eigenvalue weighted by atomic mass is 32.2. The van der Waals surface area contributed by atoms with E-state index >= 15 is 0 Å².